The minimum Gasteiger partial charge on any atom is -0.308 e. The lowest BCUT2D eigenvalue weighted by Crippen LogP contribution is -2.10. The van der Waals surface area contributed by atoms with Crippen molar-refractivity contribution in [1.29, 1.82) is 0 Å². The molecule has 0 spiro atoms. The molecule has 8 heteroatoms. The van der Waals surface area contributed by atoms with Crippen molar-refractivity contribution in [3.05, 3.63) is 230 Å². The van der Waals surface area contributed by atoms with E-state index in [1.54, 1.807) is 0 Å². The average Bonchev–Trinajstić information content (AvgIpc) is 3.93. The number of fused-ring (bicyclic) bond motifs is 6. The molecule has 0 aliphatic heterocycles. The van der Waals surface area contributed by atoms with Gasteiger partial charge < -0.3 is 9.13 Å². The lowest BCUT2D eigenvalue weighted by Gasteiger charge is -2.23. The first-order chi connectivity index (χ1) is 34.5. The van der Waals surface area contributed by atoms with Gasteiger partial charge in [0.15, 0.2) is 34.9 Å². The highest BCUT2D eigenvalue weighted by Crippen LogP contribution is 2.46. The number of hydrogen-bond acceptors (Lipinski definition) is 6. The summed E-state index contributed by atoms with van der Waals surface area (Å²) in [5.74, 6) is 3.24. The molecule has 70 heavy (non-hydrogen) atoms. The summed E-state index contributed by atoms with van der Waals surface area (Å²) in [5, 5.41) is 4.55. The Balaban J connectivity index is 1.25. The monoisotopic (exact) mass is 898 g/mol. The highest BCUT2D eigenvalue weighted by Gasteiger charge is 2.29. The molecule has 0 unspecified atom stereocenters. The van der Waals surface area contributed by atoms with Crippen LogP contribution >= 0.6 is 0 Å². The predicted octanol–water partition coefficient (Wildman–Crippen LogP) is 14.9. The third kappa shape index (κ3) is 6.92. The molecule has 13 aromatic rings. The molecular weight excluding hydrogens is 857 g/mol. The van der Waals surface area contributed by atoms with E-state index in [4.69, 9.17) is 29.9 Å². The number of aryl methyl sites for hydroxylation is 2. The van der Waals surface area contributed by atoms with Gasteiger partial charge in [-0.15, -0.1) is 0 Å². The van der Waals surface area contributed by atoms with E-state index < -0.39 is 0 Å². The van der Waals surface area contributed by atoms with Crippen LogP contribution in [0.4, 0.5) is 0 Å². The van der Waals surface area contributed by atoms with Gasteiger partial charge in [-0.2, -0.15) is 0 Å². The molecular formula is C62H42N8. The maximum atomic E-state index is 5.55. The van der Waals surface area contributed by atoms with E-state index in [0.717, 1.165) is 88.4 Å². The Bertz CT molecular complexity index is 3900. The molecule has 0 amide bonds. The van der Waals surface area contributed by atoms with Crippen molar-refractivity contribution < 1.29 is 0 Å². The van der Waals surface area contributed by atoms with E-state index in [2.05, 4.69) is 144 Å². The van der Waals surface area contributed by atoms with Gasteiger partial charge in [-0.3, -0.25) is 0 Å². The van der Waals surface area contributed by atoms with Gasteiger partial charge >= 0.3 is 0 Å². The van der Waals surface area contributed by atoms with Crippen molar-refractivity contribution in [3.8, 4) is 79.7 Å². The molecule has 0 N–H and O–H groups in total. The topological polar surface area (TPSA) is 87.2 Å². The zero-order valence-corrected chi connectivity index (χ0v) is 38.4. The molecule has 9 aromatic carbocycles. The molecule has 0 fully saturated rings. The standard InChI is InChI=1S/C62H42N8/c1-39-31-34-52-48(37-39)49-38-40(2)32-35-53(49)69(52)54-36-33-47(61-65-57(41-19-7-3-8-20-41)63-58(66-61)42-21-9-4-10-22-42)56(70-50-29-17-15-27-45(50)46-28-16-18-30-51(46)70)55(54)62-67-59(43-23-11-5-12-24-43)64-60(68-62)44-25-13-6-14-26-44/h3-38H,1-2H3. The van der Waals surface area contributed by atoms with Crippen LogP contribution in [-0.4, -0.2) is 39.0 Å². The largest absolute Gasteiger partial charge is 0.308 e. The van der Waals surface area contributed by atoms with Crippen LogP contribution in [0.5, 0.6) is 0 Å². The first kappa shape index (κ1) is 40.8. The summed E-state index contributed by atoms with van der Waals surface area (Å²) in [5.41, 5.74) is 13.3. The minimum atomic E-state index is 0.497. The summed E-state index contributed by atoms with van der Waals surface area (Å²) in [7, 11) is 0. The number of para-hydroxylation sites is 2. The minimum absolute atomic E-state index is 0.497. The van der Waals surface area contributed by atoms with Crippen molar-refractivity contribution in [2.24, 2.45) is 0 Å². The summed E-state index contributed by atoms with van der Waals surface area (Å²) in [4.78, 5) is 32.3. The molecule has 13 rings (SSSR count). The maximum Gasteiger partial charge on any atom is 0.168 e. The van der Waals surface area contributed by atoms with E-state index in [0.29, 0.717) is 34.9 Å². The molecule has 330 valence electrons. The van der Waals surface area contributed by atoms with Gasteiger partial charge in [0.1, 0.15) is 0 Å². The Hall–Kier alpha value is -9.40. The fourth-order valence-electron chi connectivity index (χ4n) is 9.92. The lowest BCUT2D eigenvalue weighted by atomic mass is 10.0. The zero-order chi connectivity index (χ0) is 46.7. The summed E-state index contributed by atoms with van der Waals surface area (Å²) in [6, 6.07) is 75.6. The second-order valence-electron chi connectivity index (χ2n) is 17.7. The number of nitrogens with zero attached hydrogens (tertiary/aromatic N) is 8. The van der Waals surface area contributed by atoms with Crippen molar-refractivity contribution in [2.45, 2.75) is 13.8 Å². The summed E-state index contributed by atoms with van der Waals surface area (Å²) in [6.07, 6.45) is 0. The second-order valence-corrected chi connectivity index (χ2v) is 17.7. The van der Waals surface area contributed by atoms with Crippen molar-refractivity contribution in [2.75, 3.05) is 0 Å². The van der Waals surface area contributed by atoms with Crippen LogP contribution in [0, 0.1) is 13.8 Å². The second kappa shape index (κ2) is 16.7. The van der Waals surface area contributed by atoms with E-state index in [1.165, 1.54) is 11.1 Å². The smallest absolute Gasteiger partial charge is 0.168 e. The van der Waals surface area contributed by atoms with Gasteiger partial charge in [0.05, 0.1) is 39.0 Å². The molecule has 4 heterocycles. The molecule has 0 aliphatic carbocycles. The van der Waals surface area contributed by atoms with Gasteiger partial charge in [-0.05, 0) is 62.4 Å². The van der Waals surface area contributed by atoms with Gasteiger partial charge in [-0.25, -0.2) is 29.9 Å². The normalized spacial score (nSPS) is 11.6. The third-order valence-electron chi connectivity index (χ3n) is 13.1. The zero-order valence-electron chi connectivity index (χ0n) is 38.4. The van der Waals surface area contributed by atoms with Crippen LogP contribution in [0.3, 0.4) is 0 Å². The van der Waals surface area contributed by atoms with Crippen LogP contribution in [-0.2, 0) is 0 Å². The fraction of sp³-hybridized carbons (Fsp3) is 0.0323. The molecule has 0 bridgehead atoms. The summed E-state index contributed by atoms with van der Waals surface area (Å²) < 4.78 is 4.75. The third-order valence-corrected chi connectivity index (χ3v) is 13.1. The van der Waals surface area contributed by atoms with Crippen LogP contribution < -0.4 is 0 Å². The first-order valence-corrected chi connectivity index (χ1v) is 23.5. The highest BCUT2D eigenvalue weighted by molar-refractivity contribution is 6.13. The maximum absolute atomic E-state index is 5.55. The Labute approximate surface area is 404 Å². The Morgan fingerprint density at radius 1 is 0.286 bits per heavy atom. The quantitative estimate of drug-likeness (QED) is 0.151. The van der Waals surface area contributed by atoms with Crippen molar-refractivity contribution >= 4 is 43.6 Å². The molecule has 0 radical (unpaired) electrons. The summed E-state index contributed by atoms with van der Waals surface area (Å²) in [6.45, 7) is 4.31. The average molecular weight is 899 g/mol. The van der Waals surface area contributed by atoms with Gasteiger partial charge in [0.2, 0.25) is 0 Å². The fourth-order valence-corrected chi connectivity index (χ4v) is 9.92. The van der Waals surface area contributed by atoms with Gasteiger partial charge in [0, 0.05) is 49.4 Å². The number of benzene rings is 9. The molecule has 0 saturated heterocycles. The van der Waals surface area contributed by atoms with Crippen molar-refractivity contribution in [3.63, 3.8) is 0 Å². The number of hydrogen-bond donors (Lipinski definition) is 0. The highest BCUT2D eigenvalue weighted by atomic mass is 15.1. The summed E-state index contributed by atoms with van der Waals surface area (Å²) >= 11 is 0. The SMILES string of the molecule is Cc1ccc2c(c1)c1cc(C)ccc1n2-c1ccc(-c2nc(-c3ccccc3)nc(-c3ccccc3)n2)c(-n2c3ccccc3c3ccccc32)c1-c1nc(-c2ccccc2)nc(-c2ccccc2)n1. The van der Waals surface area contributed by atoms with Crippen LogP contribution in [0.25, 0.3) is 123 Å². The van der Waals surface area contributed by atoms with Crippen LogP contribution in [0.1, 0.15) is 11.1 Å². The number of aromatic nitrogens is 8. The molecule has 0 aliphatic rings. The molecule has 0 saturated carbocycles. The number of rotatable bonds is 8. The van der Waals surface area contributed by atoms with Crippen LogP contribution in [0.15, 0.2) is 218 Å². The van der Waals surface area contributed by atoms with E-state index in [-0.39, 0.29) is 0 Å². The van der Waals surface area contributed by atoms with Crippen molar-refractivity contribution in [1.82, 2.24) is 39.0 Å². The van der Waals surface area contributed by atoms with Gasteiger partial charge in [-0.1, -0.05) is 181 Å². The molecule has 4 aromatic heterocycles. The van der Waals surface area contributed by atoms with Crippen LogP contribution in [0.2, 0.25) is 0 Å². The Morgan fingerprint density at radius 2 is 0.643 bits per heavy atom. The van der Waals surface area contributed by atoms with E-state index in [1.807, 2.05) is 97.1 Å². The predicted molar refractivity (Wildman–Crippen MR) is 284 cm³/mol. The lowest BCUT2D eigenvalue weighted by molar-refractivity contribution is 1.04. The molecule has 8 nitrogen and oxygen atoms in total. The first-order valence-electron chi connectivity index (χ1n) is 23.5. The van der Waals surface area contributed by atoms with E-state index >= 15 is 0 Å². The van der Waals surface area contributed by atoms with Gasteiger partial charge in [0.25, 0.3) is 0 Å². The Morgan fingerprint density at radius 3 is 1.07 bits per heavy atom. The Kier molecular flexibility index (Phi) is 9.76. The van der Waals surface area contributed by atoms with E-state index in [9.17, 15) is 0 Å². The molecule has 0 atom stereocenters.